The van der Waals surface area contributed by atoms with Gasteiger partial charge < -0.3 is 15.5 Å². The van der Waals surface area contributed by atoms with Crippen molar-refractivity contribution >= 4 is 39.6 Å². The van der Waals surface area contributed by atoms with Crippen LogP contribution in [0.5, 0.6) is 0 Å². The van der Waals surface area contributed by atoms with E-state index in [9.17, 15) is 4.79 Å². The predicted octanol–water partition coefficient (Wildman–Crippen LogP) is 2.96. The maximum Gasteiger partial charge on any atom is 0.243 e. The molecule has 0 saturated carbocycles. The summed E-state index contributed by atoms with van der Waals surface area (Å²) in [7, 11) is 3.46. The molecule has 0 aromatic heterocycles. The van der Waals surface area contributed by atoms with E-state index in [-0.39, 0.29) is 17.2 Å². The van der Waals surface area contributed by atoms with Crippen LogP contribution >= 0.6 is 27.7 Å². The van der Waals surface area contributed by atoms with E-state index in [0.29, 0.717) is 5.96 Å². The molecule has 5 nitrogen and oxygen atoms in total. The highest BCUT2D eigenvalue weighted by Crippen LogP contribution is 2.32. The molecule has 0 unspecified atom stereocenters. The number of nitrogens with one attached hydrogen (secondary N) is 2. The Balaban J connectivity index is 2.61. The Labute approximate surface area is 157 Å². The van der Waals surface area contributed by atoms with Crippen molar-refractivity contribution in [2.24, 2.45) is 4.99 Å². The first kappa shape index (κ1) is 20.8. The van der Waals surface area contributed by atoms with Crippen LogP contribution in [-0.2, 0) is 4.79 Å². The molecule has 1 rings (SSSR count). The third kappa shape index (κ3) is 8.06. The molecule has 0 bridgehead atoms. The summed E-state index contributed by atoms with van der Waals surface area (Å²) >= 11 is 5.26. The second kappa shape index (κ2) is 9.93. The van der Waals surface area contributed by atoms with Crippen molar-refractivity contribution in [3.63, 3.8) is 0 Å². The number of carbonyl (C=O) groups excluding carboxylic acids is 1. The zero-order chi connectivity index (χ0) is 18.2. The Morgan fingerprint density at radius 2 is 1.88 bits per heavy atom. The molecule has 1 aromatic rings. The number of benzene rings is 1. The fourth-order valence-electron chi connectivity index (χ4n) is 1.78. The smallest absolute Gasteiger partial charge is 0.243 e. The summed E-state index contributed by atoms with van der Waals surface area (Å²) in [5.74, 6) is 0.646. The highest BCUT2D eigenvalue weighted by atomic mass is 79.9. The molecular formula is C17H27BrN4OS. The zero-order valence-corrected chi connectivity index (χ0v) is 17.4. The lowest BCUT2D eigenvalue weighted by molar-refractivity contribution is -0.127. The molecule has 1 amide bonds. The monoisotopic (exact) mass is 414 g/mol. The first-order chi connectivity index (χ1) is 11.2. The first-order valence-electron chi connectivity index (χ1n) is 7.90. The topological polar surface area (TPSA) is 56.7 Å². The second-order valence-electron chi connectivity index (χ2n) is 6.15. The lowest BCUT2D eigenvalue weighted by atomic mass is 10.2. The Kier molecular flexibility index (Phi) is 8.62. The molecule has 0 aliphatic rings. The average molecular weight is 415 g/mol. The van der Waals surface area contributed by atoms with Crippen LogP contribution in [0.15, 0.2) is 38.6 Å². The number of likely N-dealkylation sites (N-methyl/N-ethyl adjacent to an activating group) is 1. The van der Waals surface area contributed by atoms with Crippen LogP contribution in [-0.4, -0.2) is 55.2 Å². The minimum atomic E-state index is -0.0183. The summed E-state index contributed by atoms with van der Waals surface area (Å²) < 4.78 is 1.06. The summed E-state index contributed by atoms with van der Waals surface area (Å²) in [5, 5.41) is 6.50. The Morgan fingerprint density at radius 1 is 1.25 bits per heavy atom. The van der Waals surface area contributed by atoms with Crippen molar-refractivity contribution in [1.29, 1.82) is 0 Å². The minimum Gasteiger partial charge on any atom is -0.357 e. The van der Waals surface area contributed by atoms with E-state index < -0.39 is 0 Å². The lowest BCUT2D eigenvalue weighted by Gasteiger charge is -2.25. The number of aliphatic imine (C=N–C) groups is 1. The summed E-state index contributed by atoms with van der Waals surface area (Å²) in [5.41, 5.74) is 0. The average Bonchev–Trinajstić information content (AvgIpc) is 2.51. The van der Waals surface area contributed by atoms with Gasteiger partial charge in [0.15, 0.2) is 5.96 Å². The van der Waals surface area contributed by atoms with E-state index in [1.807, 2.05) is 19.1 Å². The summed E-state index contributed by atoms with van der Waals surface area (Å²) in [4.78, 5) is 18.8. The number of hydrogen-bond acceptors (Lipinski definition) is 3. The van der Waals surface area contributed by atoms with Gasteiger partial charge in [-0.2, -0.15) is 0 Å². The van der Waals surface area contributed by atoms with Crippen molar-refractivity contribution < 1.29 is 4.79 Å². The largest absolute Gasteiger partial charge is 0.357 e. The van der Waals surface area contributed by atoms with Gasteiger partial charge in [0, 0.05) is 41.3 Å². The van der Waals surface area contributed by atoms with Crippen LogP contribution in [0.25, 0.3) is 0 Å². The number of halogens is 1. The van der Waals surface area contributed by atoms with E-state index in [1.165, 1.54) is 4.90 Å². The summed E-state index contributed by atoms with van der Waals surface area (Å²) in [6.07, 6.45) is 0. The molecule has 2 N–H and O–H groups in total. The van der Waals surface area contributed by atoms with E-state index in [4.69, 9.17) is 0 Å². The molecule has 0 heterocycles. The Morgan fingerprint density at radius 3 is 2.42 bits per heavy atom. The normalized spacial score (nSPS) is 12.0. The number of rotatable bonds is 7. The molecule has 0 spiro atoms. The molecule has 134 valence electrons. The van der Waals surface area contributed by atoms with Crippen molar-refractivity contribution in [2.45, 2.75) is 30.4 Å². The fraction of sp³-hybridized carbons (Fsp3) is 0.529. The van der Waals surface area contributed by atoms with Crippen LogP contribution < -0.4 is 10.6 Å². The fourth-order valence-corrected chi connectivity index (χ4v) is 3.10. The van der Waals surface area contributed by atoms with E-state index in [2.05, 4.69) is 57.5 Å². The van der Waals surface area contributed by atoms with Gasteiger partial charge in [-0.25, -0.2) is 4.99 Å². The third-order valence-electron chi connectivity index (χ3n) is 3.10. The van der Waals surface area contributed by atoms with E-state index >= 15 is 0 Å². The van der Waals surface area contributed by atoms with Gasteiger partial charge in [-0.05, 0) is 45.0 Å². The van der Waals surface area contributed by atoms with Gasteiger partial charge in [0.1, 0.15) is 6.54 Å². The number of amides is 1. The van der Waals surface area contributed by atoms with Crippen molar-refractivity contribution in [2.75, 3.05) is 33.7 Å². The number of carbonyl (C=O) groups is 1. The summed E-state index contributed by atoms with van der Waals surface area (Å²) in [6, 6.07) is 8.30. The molecule has 7 heteroatoms. The van der Waals surface area contributed by atoms with E-state index in [0.717, 1.165) is 17.6 Å². The van der Waals surface area contributed by atoms with Gasteiger partial charge in [-0.3, -0.25) is 4.79 Å². The standard InChI is InChI=1S/C17H27BrN4OS/c1-6-19-16(20-11-15(23)22(4)5)21-12-17(2,3)24-14-9-7-13(18)8-10-14/h7-10H,6,11-12H2,1-5H3,(H2,19,20,21). The SMILES string of the molecule is CCNC(=NCC(=O)N(C)C)NCC(C)(C)Sc1ccc(Br)cc1. The third-order valence-corrected chi connectivity index (χ3v) is 4.84. The van der Waals surface area contributed by atoms with Gasteiger partial charge in [0.05, 0.1) is 0 Å². The first-order valence-corrected chi connectivity index (χ1v) is 9.51. The molecule has 0 atom stereocenters. The van der Waals surface area contributed by atoms with Crippen LogP contribution in [0.3, 0.4) is 0 Å². The molecule has 24 heavy (non-hydrogen) atoms. The molecule has 0 fully saturated rings. The molecule has 0 saturated heterocycles. The van der Waals surface area contributed by atoms with Crippen molar-refractivity contribution in [3.8, 4) is 0 Å². The van der Waals surface area contributed by atoms with Gasteiger partial charge in [0.2, 0.25) is 5.91 Å². The molecule has 0 aliphatic heterocycles. The quantitative estimate of drug-likeness (QED) is 0.409. The highest BCUT2D eigenvalue weighted by molar-refractivity contribution is 9.10. The summed E-state index contributed by atoms with van der Waals surface area (Å²) in [6.45, 7) is 8.00. The van der Waals surface area contributed by atoms with Crippen LogP contribution in [0.1, 0.15) is 20.8 Å². The zero-order valence-electron chi connectivity index (χ0n) is 15.0. The van der Waals surface area contributed by atoms with Gasteiger partial charge in [-0.1, -0.05) is 15.9 Å². The molecule has 1 aromatic carbocycles. The molecule has 0 radical (unpaired) electrons. The predicted molar refractivity (Wildman–Crippen MR) is 107 cm³/mol. The number of guanidine groups is 1. The Bertz CT molecular complexity index is 558. The lowest BCUT2D eigenvalue weighted by Crippen LogP contribution is -2.43. The number of hydrogen-bond donors (Lipinski definition) is 2. The minimum absolute atomic E-state index is 0.0179. The van der Waals surface area contributed by atoms with Gasteiger partial charge in [0.25, 0.3) is 0 Å². The number of thioether (sulfide) groups is 1. The van der Waals surface area contributed by atoms with Crippen LogP contribution in [0.2, 0.25) is 0 Å². The maximum absolute atomic E-state index is 11.7. The van der Waals surface area contributed by atoms with Crippen molar-refractivity contribution in [3.05, 3.63) is 28.7 Å². The Hall–Kier alpha value is -1.21. The highest BCUT2D eigenvalue weighted by Gasteiger charge is 2.20. The second-order valence-corrected chi connectivity index (χ2v) is 8.85. The van der Waals surface area contributed by atoms with E-state index in [1.54, 1.807) is 30.8 Å². The molecule has 0 aliphatic carbocycles. The van der Waals surface area contributed by atoms with Crippen LogP contribution in [0.4, 0.5) is 0 Å². The maximum atomic E-state index is 11.7. The molecular weight excluding hydrogens is 388 g/mol. The van der Waals surface area contributed by atoms with Gasteiger partial charge >= 0.3 is 0 Å². The van der Waals surface area contributed by atoms with Crippen molar-refractivity contribution in [1.82, 2.24) is 15.5 Å². The van der Waals surface area contributed by atoms with Crippen LogP contribution in [0, 0.1) is 0 Å². The number of nitrogens with zero attached hydrogens (tertiary/aromatic N) is 2. The van der Waals surface area contributed by atoms with Gasteiger partial charge in [-0.15, -0.1) is 11.8 Å².